The molecule has 15 nitrogen and oxygen atoms in total. The van der Waals surface area contributed by atoms with Crippen molar-refractivity contribution in [1.82, 2.24) is 40.4 Å². The molecule has 0 unspecified atom stereocenters. The molecule has 2 fully saturated rings. The minimum absolute atomic E-state index is 0.122. The van der Waals surface area contributed by atoms with E-state index in [-0.39, 0.29) is 35.7 Å². The molecule has 0 spiro atoms. The second-order valence-corrected chi connectivity index (χ2v) is 14.9. The average molecular weight is 764 g/mol. The van der Waals surface area contributed by atoms with Crippen LogP contribution in [0.1, 0.15) is 77.1 Å². The molecule has 0 aliphatic carbocycles. The summed E-state index contributed by atoms with van der Waals surface area (Å²) in [6.45, 7) is 16.6. The van der Waals surface area contributed by atoms with Crippen molar-refractivity contribution in [3.8, 4) is 33.6 Å². The fraction of sp³-hybridized carbons (Fsp3) is 0.439. The van der Waals surface area contributed by atoms with Crippen molar-refractivity contribution < 1.29 is 28.7 Å². The van der Waals surface area contributed by atoms with Crippen LogP contribution in [0.3, 0.4) is 0 Å². The molecule has 0 saturated carbocycles. The number of H-pyrrole nitrogens is 2. The molecule has 56 heavy (non-hydrogen) atoms. The molecule has 4 amide bonds. The molecule has 294 valence electrons. The largest absolute Gasteiger partial charge is 0.453 e. The normalized spacial score (nSPS) is 17.8. The smallest absolute Gasteiger partial charge is 0.407 e. The molecule has 2 aromatic carbocycles. The van der Waals surface area contributed by atoms with Gasteiger partial charge in [0, 0.05) is 18.7 Å². The van der Waals surface area contributed by atoms with Gasteiger partial charge in [0.15, 0.2) is 5.69 Å². The first kappa shape index (κ1) is 39.5. The minimum atomic E-state index is -0.730. The van der Waals surface area contributed by atoms with Gasteiger partial charge in [-0.2, -0.15) is 0 Å². The highest BCUT2D eigenvalue weighted by molar-refractivity contribution is 5.87. The van der Waals surface area contributed by atoms with Gasteiger partial charge in [0.2, 0.25) is 11.8 Å². The van der Waals surface area contributed by atoms with E-state index in [1.807, 2.05) is 70.2 Å². The Morgan fingerprint density at radius 2 is 1.20 bits per heavy atom. The Balaban J connectivity index is 1.15. The molecule has 2 saturated heterocycles. The number of benzene rings is 2. The number of imidazole rings is 2. The summed E-state index contributed by atoms with van der Waals surface area (Å²) >= 11 is 0. The number of likely N-dealkylation sites (tertiary alicyclic amines) is 2. The van der Waals surface area contributed by atoms with Gasteiger partial charge in [-0.05, 0) is 60.3 Å². The number of rotatable bonds is 11. The van der Waals surface area contributed by atoms with Crippen molar-refractivity contribution in [2.24, 2.45) is 11.8 Å². The van der Waals surface area contributed by atoms with Gasteiger partial charge < -0.3 is 39.9 Å². The van der Waals surface area contributed by atoms with E-state index >= 15 is 0 Å². The van der Waals surface area contributed by atoms with Crippen LogP contribution in [-0.2, 0) is 19.1 Å². The Labute approximate surface area is 326 Å². The number of carbonyl (C=O) groups is 4. The molecule has 2 aliphatic heterocycles. The number of hydrogen-bond acceptors (Lipinski definition) is 8. The number of amides is 4. The quantitative estimate of drug-likeness (QED) is 0.121. The van der Waals surface area contributed by atoms with E-state index in [9.17, 15) is 19.2 Å². The summed E-state index contributed by atoms with van der Waals surface area (Å²) in [4.78, 5) is 74.5. The third kappa shape index (κ3) is 8.24. The maximum atomic E-state index is 13.6. The van der Waals surface area contributed by atoms with Crippen molar-refractivity contribution in [2.45, 2.75) is 77.5 Å². The number of aromatic amines is 2. The zero-order valence-electron chi connectivity index (χ0n) is 32.6. The van der Waals surface area contributed by atoms with Gasteiger partial charge >= 0.3 is 12.2 Å². The summed E-state index contributed by atoms with van der Waals surface area (Å²) in [7, 11) is 2.55. The monoisotopic (exact) mass is 763 g/mol. The molecule has 6 rings (SSSR count). The van der Waals surface area contributed by atoms with Crippen LogP contribution in [-0.4, -0.2) is 93.1 Å². The third-order valence-corrected chi connectivity index (χ3v) is 10.6. The van der Waals surface area contributed by atoms with Crippen LogP contribution in [0.4, 0.5) is 15.3 Å². The highest BCUT2D eigenvalue weighted by Gasteiger charge is 2.39. The van der Waals surface area contributed by atoms with E-state index in [1.54, 1.807) is 22.2 Å². The molecular weight excluding hydrogens is 715 g/mol. The number of carbonyl (C=O) groups excluding carboxylic acids is 4. The van der Waals surface area contributed by atoms with Crippen molar-refractivity contribution in [2.75, 3.05) is 27.3 Å². The van der Waals surface area contributed by atoms with Gasteiger partial charge in [0.05, 0.1) is 56.7 Å². The lowest BCUT2D eigenvalue weighted by Crippen LogP contribution is -2.51. The highest BCUT2D eigenvalue weighted by atomic mass is 16.5. The number of hydrogen-bond donors (Lipinski definition) is 4. The van der Waals surface area contributed by atoms with E-state index < -0.39 is 24.3 Å². The number of methoxy groups -OCH3 is 2. The lowest BCUT2D eigenvalue weighted by Gasteiger charge is -2.30. The van der Waals surface area contributed by atoms with Crippen LogP contribution >= 0.6 is 0 Å². The molecule has 4 N–H and O–H groups in total. The lowest BCUT2D eigenvalue weighted by atomic mass is 9.99. The van der Waals surface area contributed by atoms with Gasteiger partial charge in [-0.15, -0.1) is 0 Å². The van der Waals surface area contributed by atoms with Gasteiger partial charge in [0.1, 0.15) is 23.7 Å². The topological polar surface area (TPSA) is 179 Å². The van der Waals surface area contributed by atoms with Gasteiger partial charge in [-0.1, -0.05) is 64.1 Å². The van der Waals surface area contributed by atoms with Crippen molar-refractivity contribution in [3.05, 3.63) is 77.9 Å². The zero-order chi connectivity index (χ0) is 40.1. The summed E-state index contributed by atoms with van der Waals surface area (Å²) in [6.07, 6.45) is 5.28. The van der Waals surface area contributed by atoms with Crippen LogP contribution in [0.15, 0.2) is 54.9 Å². The molecule has 2 aliphatic rings. The van der Waals surface area contributed by atoms with Crippen LogP contribution in [0.25, 0.3) is 38.5 Å². The number of aromatic nitrogens is 4. The molecule has 4 heterocycles. The Bertz CT molecular complexity index is 2100. The summed E-state index contributed by atoms with van der Waals surface area (Å²) in [5.74, 6) is 0.715. The molecular formula is C41H49N9O6. The van der Waals surface area contributed by atoms with E-state index in [4.69, 9.17) is 16.0 Å². The fourth-order valence-electron chi connectivity index (χ4n) is 7.55. The Hall–Kier alpha value is -6.17. The van der Waals surface area contributed by atoms with E-state index in [0.29, 0.717) is 41.7 Å². The number of nitrogens with one attached hydrogen (secondary N) is 4. The minimum Gasteiger partial charge on any atom is -0.453 e. The first-order chi connectivity index (χ1) is 26.9. The Morgan fingerprint density at radius 3 is 1.68 bits per heavy atom. The maximum absolute atomic E-state index is 13.6. The average Bonchev–Trinajstić information content (AvgIpc) is 4.04. The highest BCUT2D eigenvalue weighted by Crippen LogP contribution is 2.38. The number of nitrogens with zero attached hydrogens (tertiary/aromatic N) is 5. The molecule has 4 atom stereocenters. The molecule has 0 radical (unpaired) electrons. The van der Waals surface area contributed by atoms with Crippen molar-refractivity contribution >= 4 is 29.7 Å². The first-order valence-corrected chi connectivity index (χ1v) is 19.0. The van der Waals surface area contributed by atoms with Crippen LogP contribution in [0.5, 0.6) is 0 Å². The first-order valence-electron chi connectivity index (χ1n) is 19.0. The van der Waals surface area contributed by atoms with Crippen LogP contribution in [0.2, 0.25) is 0 Å². The summed E-state index contributed by atoms with van der Waals surface area (Å²) < 4.78 is 9.50. The Kier molecular flexibility index (Phi) is 12.1. The lowest BCUT2D eigenvalue weighted by molar-refractivity contribution is -0.136. The number of alkyl carbamates (subject to hydrolysis) is 2. The van der Waals surface area contributed by atoms with Crippen molar-refractivity contribution in [3.63, 3.8) is 0 Å². The molecule has 0 bridgehead atoms. The second kappa shape index (κ2) is 17.1. The SMILES string of the molecule is [C-]#[N+]c1cc(-c2ccc(-c3cnc([C@@H]4CCCN4C(=O)[C@@H](NC(=O)OC)C(C)C)[nH]3)cc2)ccc1-c1cnc([C@@H]2CCCN2C(=O)[C@@H](NC(=O)OC)C(C)C)[nH]1. The van der Waals surface area contributed by atoms with Crippen LogP contribution < -0.4 is 10.6 Å². The van der Waals surface area contributed by atoms with E-state index in [2.05, 4.69) is 35.4 Å². The number of ether oxygens (including phenoxy) is 2. The fourth-order valence-corrected chi connectivity index (χ4v) is 7.55. The van der Waals surface area contributed by atoms with Gasteiger partial charge in [-0.3, -0.25) is 9.59 Å². The molecule has 2 aromatic heterocycles. The zero-order valence-corrected chi connectivity index (χ0v) is 32.6. The molecule has 4 aromatic rings. The predicted octanol–water partition coefficient (Wildman–Crippen LogP) is 6.77. The van der Waals surface area contributed by atoms with Gasteiger partial charge in [-0.25, -0.2) is 24.4 Å². The van der Waals surface area contributed by atoms with E-state index in [0.717, 1.165) is 48.1 Å². The maximum Gasteiger partial charge on any atom is 0.407 e. The standard InChI is InChI=1S/C41H49N9O6/c1-23(2)34(47-40(53)55-6)38(51)49-18-8-10-32(49)36-43-21-30(45-36)26-14-12-25(13-15-26)27-16-17-28(29(20-27)42-5)31-22-44-37(46-31)33-11-9-19-50(33)39(52)35(24(3)4)48-41(54)56-7/h12-17,20-24,32-35H,8-11,18-19H2,1-4,6-7H3,(H,43,45)(H,44,46)(H,47,53)(H,48,54)/t32-,33-,34-,35-/m0/s1. The third-order valence-electron chi connectivity index (χ3n) is 10.6. The molecule has 15 heteroatoms. The predicted molar refractivity (Wildman–Crippen MR) is 209 cm³/mol. The van der Waals surface area contributed by atoms with E-state index in [1.165, 1.54) is 14.2 Å². The summed E-state index contributed by atoms with van der Waals surface area (Å²) in [6, 6.07) is 11.7. The van der Waals surface area contributed by atoms with Crippen molar-refractivity contribution in [1.29, 1.82) is 0 Å². The van der Waals surface area contributed by atoms with Crippen LogP contribution in [0, 0.1) is 18.4 Å². The summed E-state index contributed by atoms with van der Waals surface area (Å²) in [5, 5.41) is 5.36. The Morgan fingerprint density at radius 1 is 0.732 bits per heavy atom. The summed E-state index contributed by atoms with van der Waals surface area (Å²) in [5.41, 5.74) is 5.38. The second-order valence-electron chi connectivity index (χ2n) is 14.9. The van der Waals surface area contributed by atoms with Gasteiger partial charge in [0.25, 0.3) is 0 Å².